The highest BCUT2D eigenvalue weighted by molar-refractivity contribution is 7.19. The van der Waals surface area contributed by atoms with Crippen molar-refractivity contribution in [2.45, 2.75) is 19.4 Å². The molecule has 0 atom stereocenters. The third-order valence-corrected chi connectivity index (χ3v) is 6.72. The van der Waals surface area contributed by atoms with Gasteiger partial charge >= 0.3 is 0 Å². The van der Waals surface area contributed by atoms with Gasteiger partial charge in [-0.2, -0.15) is 4.98 Å². The molecule has 4 heterocycles. The fourth-order valence-corrected chi connectivity index (χ4v) is 5.25. The summed E-state index contributed by atoms with van der Waals surface area (Å²) in [6.07, 6.45) is 1.85. The smallest absolute Gasteiger partial charge is 0.225 e. The van der Waals surface area contributed by atoms with Gasteiger partial charge in [0.25, 0.3) is 0 Å². The third-order valence-electron chi connectivity index (χ3n) is 5.45. The maximum atomic E-state index is 12.2. The predicted molar refractivity (Wildman–Crippen MR) is 112 cm³/mol. The minimum absolute atomic E-state index is 0.159. The van der Waals surface area contributed by atoms with Crippen LogP contribution in [-0.4, -0.2) is 79.2 Å². The molecule has 0 unspecified atom stereocenters. The molecule has 2 aliphatic heterocycles. The fourth-order valence-electron chi connectivity index (χ4n) is 3.93. The zero-order chi connectivity index (χ0) is 19.7. The van der Waals surface area contributed by atoms with E-state index >= 15 is 0 Å². The van der Waals surface area contributed by atoms with Gasteiger partial charge in [0.05, 0.1) is 23.4 Å². The molecule has 2 aromatic heterocycles. The summed E-state index contributed by atoms with van der Waals surface area (Å²) in [5.74, 6) is 1.33. The normalized spacial score (nSPS) is 19.3. The molecule has 0 aromatic carbocycles. The fraction of sp³-hybridized carbons (Fsp3) is 0.632. The number of halogens is 1. The highest BCUT2D eigenvalue weighted by atomic mass is 35.5. The summed E-state index contributed by atoms with van der Waals surface area (Å²) in [5.41, 5.74) is 0.916. The molecule has 0 saturated carbocycles. The number of aromatic nitrogens is 2. The number of amides is 1. The lowest BCUT2D eigenvalue weighted by atomic mass is 9.95. The van der Waals surface area contributed by atoms with E-state index < -0.39 is 0 Å². The lowest BCUT2D eigenvalue weighted by Crippen LogP contribution is -2.39. The van der Waals surface area contributed by atoms with Crippen LogP contribution in [0.1, 0.15) is 17.7 Å². The van der Waals surface area contributed by atoms with Gasteiger partial charge < -0.3 is 14.5 Å². The van der Waals surface area contributed by atoms with Gasteiger partial charge in [0, 0.05) is 44.5 Å². The van der Waals surface area contributed by atoms with Gasteiger partial charge in [-0.15, -0.1) is 11.3 Å². The molecule has 0 radical (unpaired) electrons. The summed E-state index contributed by atoms with van der Waals surface area (Å²) in [6, 6.07) is 2.13. The van der Waals surface area contributed by atoms with Gasteiger partial charge in [-0.3, -0.25) is 9.69 Å². The lowest BCUT2D eigenvalue weighted by molar-refractivity contribution is -0.134. The molecule has 7 nitrogen and oxygen atoms in total. The lowest BCUT2D eigenvalue weighted by Gasteiger charge is -2.32. The largest absolute Gasteiger partial charge is 0.378 e. The Morgan fingerprint density at radius 2 is 1.96 bits per heavy atom. The van der Waals surface area contributed by atoms with Crippen LogP contribution in [0.5, 0.6) is 0 Å². The predicted octanol–water partition coefficient (Wildman–Crippen LogP) is 2.48. The Morgan fingerprint density at radius 3 is 2.64 bits per heavy atom. The average molecular weight is 424 g/mol. The summed E-state index contributed by atoms with van der Waals surface area (Å²) in [5, 5.41) is 0.293. The average Bonchev–Trinajstić information content (AvgIpc) is 3.10. The number of piperidine rings is 1. The topological polar surface area (TPSA) is 61.8 Å². The third kappa shape index (κ3) is 4.25. The number of hydrogen-bond donors (Lipinski definition) is 0. The second-order valence-corrected chi connectivity index (χ2v) is 9.10. The Bertz CT molecular complexity index is 844. The number of carbonyl (C=O) groups excluding carboxylic acids is 1. The Kier molecular flexibility index (Phi) is 6.01. The Hall–Kier alpha value is -1.48. The van der Waals surface area contributed by atoms with E-state index in [0.717, 1.165) is 61.6 Å². The van der Waals surface area contributed by atoms with Gasteiger partial charge in [0.2, 0.25) is 11.2 Å². The maximum Gasteiger partial charge on any atom is 0.225 e. The van der Waals surface area contributed by atoms with E-state index in [4.69, 9.17) is 16.3 Å². The zero-order valence-corrected chi connectivity index (χ0v) is 17.9. The molecule has 2 fully saturated rings. The second-order valence-electron chi connectivity index (χ2n) is 7.63. The zero-order valence-electron chi connectivity index (χ0n) is 16.4. The van der Waals surface area contributed by atoms with Crippen LogP contribution in [-0.2, 0) is 16.1 Å². The summed E-state index contributed by atoms with van der Waals surface area (Å²) in [6.45, 7) is 5.84. The summed E-state index contributed by atoms with van der Waals surface area (Å²) in [4.78, 5) is 28.7. The van der Waals surface area contributed by atoms with Crippen molar-refractivity contribution in [1.29, 1.82) is 0 Å². The van der Waals surface area contributed by atoms with Crippen LogP contribution in [0.15, 0.2) is 6.07 Å². The number of ether oxygens (including phenoxy) is 1. The molecule has 1 amide bonds. The van der Waals surface area contributed by atoms with Crippen molar-refractivity contribution in [2.75, 3.05) is 58.4 Å². The van der Waals surface area contributed by atoms with E-state index in [9.17, 15) is 4.79 Å². The van der Waals surface area contributed by atoms with E-state index in [0.29, 0.717) is 18.5 Å². The molecule has 0 bridgehead atoms. The molecule has 2 saturated heterocycles. The van der Waals surface area contributed by atoms with Gasteiger partial charge in [-0.05, 0) is 43.6 Å². The standard InChI is InChI=1S/C19H26ClN5O2S/c1-23(2)18(26)13-3-5-24(6-4-13)12-14-11-15-16(28-14)17(22-19(20)21-15)25-7-9-27-10-8-25/h11,13H,3-10,12H2,1-2H3. The molecule has 0 spiro atoms. The number of fused-ring (bicyclic) bond motifs is 1. The maximum absolute atomic E-state index is 12.2. The number of morpholine rings is 1. The van der Waals surface area contributed by atoms with E-state index in [1.54, 1.807) is 16.2 Å². The molecular formula is C19H26ClN5O2S. The highest BCUT2D eigenvalue weighted by Gasteiger charge is 2.26. The molecule has 2 aliphatic rings. The molecule has 0 aliphatic carbocycles. The van der Waals surface area contributed by atoms with E-state index in [1.807, 2.05) is 14.1 Å². The van der Waals surface area contributed by atoms with Crippen molar-refractivity contribution >= 4 is 44.9 Å². The van der Waals surface area contributed by atoms with Crippen LogP contribution in [0.4, 0.5) is 5.82 Å². The van der Waals surface area contributed by atoms with Crippen molar-refractivity contribution in [3.63, 3.8) is 0 Å². The highest BCUT2D eigenvalue weighted by Crippen LogP contribution is 2.34. The van der Waals surface area contributed by atoms with Crippen LogP contribution < -0.4 is 4.90 Å². The van der Waals surface area contributed by atoms with E-state index in [1.165, 1.54) is 4.88 Å². The Balaban J connectivity index is 1.47. The van der Waals surface area contributed by atoms with E-state index in [2.05, 4.69) is 25.8 Å². The van der Waals surface area contributed by atoms with Gasteiger partial charge in [-0.1, -0.05) is 0 Å². The quantitative estimate of drug-likeness (QED) is 0.704. The first-order valence-corrected chi connectivity index (χ1v) is 10.9. The number of hydrogen-bond acceptors (Lipinski definition) is 7. The minimum Gasteiger partial charge on any atom is -0.378 e. The number of nitrogens with zero attached hydrogens (tertiary/aromatic N) is 5. The first kappa shape index (κ1) is 19.8. The molecule has 2 aromatic rings. The molecule has 152 valence electrons. The number of rotatable bonds is 4. The first-order chi connectivity index (χ1) is 13.5. The molecular weight excluding hydrogens is 398 g/mol. The van der Waals surface area contributed by atoms with Crippen LogP contribution in [0, 0.1) is 5.92 Å². The molecule has 0 N–H and O–H groups in total. The van der Waals surface area contributed by atoms with Gasteiger partial charge in [0.15, 0.2) is 5.82 Å². The first-order valence-electron chi connectivity index (χ1n) is 9.73. The SMILES string of the molecule is CN(C)C(=O)C1CCN(Cc2cc3nc(Cl)nc(N4CCOCC4)c3s2)CC1. The van der Waals surface area contributed by atoms with E-state index in [-0.39, 0.29) is 11.8 Å². The van der Waals surface area contributed by atoms with Crippen molar-refractivity contribution in [3.05, 3.63) is 16.2 Å². The number of likely N-dealkylation sites (tertiary alicyclic amines) is 1. The van der Waals surface area contributed by atoms with Crippen LogP contribution in [0.2, 0.25) is 5.28 Å². The number of anilines is 1. The van der Waals surface area contributed by atoms with Crippen LogP contribution in [0.25, 0.3) is 10.2 Å². The summed E-state index contributed by atoms with van der Waals surface area (Å²) in [7, 11) is 3.67. The minimum atomic E-state index is 0.159. The summed E-state index contributed by atoms with van der Waals surface area (Å²) >= 11 is 7.94. The van der Waals surface area contributed by atoms with Gasteiger partial charge in [0.1, 0.15) is 0 Å². The molecule has 28 heavy (non-hydrogen) atoms. The van der Waals surface area contributed by atoms with Crippen LogP contribution >= 0.6 is 22.9 Å². The van der Waals surface area contributed by atoms with Crippen molar-refractivity contribution in [1.82, 2.24) is 19.8 Å². The van der Waals surface area contributed by atoms with Crippen molar-refractivity contribution < 1.29 is 9.53 Å². The molecule has 4 rings (SSSR count). The second kappa shape index (κ2) is 8.49. The monoisotopic (exact) mass is 423 g/mol. The number of carbonyl (C=O) groups is 1. The van der Waals surface area contributed by atoms with Crippen molar-refractivity contribution in [2.24, 2.45) is 5.92 Å². The Morgan fingerprint density at radius 1 is 1.25 bits per heavy atom. The van der Waals surface area contributed by atoms with Crippen LogP contribution in [0.3, 0.4) is 0 Å². The van der Waals surface area contributed by atoms with Gasteiger partial charge in [-0.25, -0.2) is 4.98 Å². The Labute approximate surface area is 174 Å². The summed E-state index contributed by atoms with van der Waals surface area (Å²) < 4.78 is 6.56. The van der Waals surface area contributed by atoms with Crippen molar-refractivity contribution in [3.8, 4) is 0 Å². The number of thiophene rings is 1. The molecule has 9 heteroatoms.